The third-order valence-corrected chi connectivity index (χ3v) is 5.57. The van der Waals surface area contributed by atoms with Gasteiger partial charge in [-0.05, 0) is 54.3 Å². The number of carbonyl (C=O) groups excluding carboxylic acids is 1. The lowest BCUT2D eigenvalue weighted by Gasteiger charge is -2.31. The lowest BCUT2D eigenvalue weighted by atomic mass is 10.0. The molecule has 1 atom stereocenters. The molecule has 0 aromatic heterocycles. The van der Waals surface area contributed by atoms with Gasteiger partial charge in [0.1, 0.15) is 0 Å². The first-order chi connectivity index (χ1) is 12.5. The molecule has 2 aliphatic heterocycles. The van der Waals surface area contributed by atoms with Gasteiger partial charge in [0, 0.05) is 13.1 Å². The highest BCUT2D eigenvalue weighted by Crippen LogP contribution is 2.40. The maximum Gasteiger partial charge on any atom is 0.286 e. The molecule has 0 spiro atoms. The van der Waals surface area contributed by atoms with Gasteiger partial charge >= 0.3 is 0 Å². The molecule has 2 heterocycles. The second-order valence-corrected chi connectivity index (χ2v) is 7.47. The van der Waals surface area contributed by atoms with Crippen LogP contribution in [0.15, 0.2) is 22.0 Å². The molecule has 1 unspecified atom stereocenters. The minimum atomic E-state index is -0.197. The molecule has 26 heavy (non-hydrogen) atoms. The summed E-state index contributed by atoms with van der Waals surface area (Å²) >= 11 is 1.43. The van der Waals surface area contributed by atoms with Gasteiger partial charge in [-0.15, -0.1) is 0 Å². The van der Waals surface area contributed by atoms with Crippen LogP contribution in [0.4, 0.5) is 0 Å². The second-order valence-electron chi connectivity index (χ2n) is 6.46. The average Bonchev–Trinajstić information content (AvgIpc) is 3.01. The molecule has 1 amide bonds. The monoisotopic (exact) mass is 376 g/mol. The highest BCUT2D eigenvalue weighted by atomic mass is 32.2. The molecular weight excluding hydrogens is 352 g/mol. The first-order valence-corrected chi connectivity index (χ1v) is 9.45. The standard InChI is InChI=1S/C19H24N2O4S/c1-12-6-5-7-21(11-12)19-20-18(22)16(26-19)10-13-8-14(23-2)17(25-4)15(9-13)24-3/h8-10,12H,5-7,11H2,1-4H3/b16-10-. The third-order valence-electron chi connectivity index (χ3n) is 4.52. The normalized spacial score (nSPS) is 21.8. The summed E-state index contributed by atoms with van der Waals surface area (Å²) in [4.78, 5) is 19.4. The molecule has 1 aromatic carbocycles. The quantitative estimate of drug-likeness (QED) is 0.751. The Balaban J connectivity index is 1.84. The summed E-state index contributed by atoms with van der Waals surface area (Å²) in [6.45, 7) is 4.15. The molecule has 6 nitrogen and oxygen atoms in total. The smallest absolute Gasteiger partial charge is 0.286 e. The number of benzene rings is 1. The van der Waals surface area contributed by atoms with E-state index < -0.39 is 0 Å². The maximum atomic E-state index is 12.4. The second kappa shape index (κ2) is 8.03. The first-order valence-electron chi connectivity index (χ1n) is 8.63. The maximum absolute atomic E-state index is 12.4. The minimum Gasteiger partial charge on any atom is -0.493 e. The van der Waals surface area contributed by atoms with Gasteiger partial charge in [0.05, 0.1) is 26.2 Å². The van der Waals surface area contributed by atoms with Crippen LogP contribution in [-0.2, 0) is 4.79 Å². The van der Waals surface area contributed by atoms with E-state index >= 15 is 0 Å². The van der Waals surface area contributed by atoms with Gasteiger partial charge in [-0.3, -0.25) is 4.79 Å². The average molecular weight is 376 g/mol. The Morgan fingerprint density at radius 1 is 1.19 bits per heavy atom. The number of carbonyl (C=O) groups is 1. The van der Waals surface area contributed by atoms with E-state index in [-0.39, 0.29) is 5.91 Å². The summed E-state index contributed by atoms with van der Waals surface area (Å²) in [6, 6.07) is 3.65. The summed E-state index contributed by atoms with van der Waals surface area (Å²) in [5.74, 6) is 2.07. The SMILES string of the molecule is COc1cc(/C=C2\SC(N3CCCC(C)C3)=NC2=O)cc(OC)c1OC. The molecule has 140 valence electrons. The number of thioether (sulfide) groups is 1. The highest BCUT2D eigenvalue weighted by Gasteiger charge is 2.28. The molecule has 3 rings (SSSR count). The van der Waals surface area contributed by atoms with Gasteiger partial charge in [-0.25, -0.2) is 0 Å². The van der Waals surface area contributed by atoms with E-state index in [0.29, 0.717) is 28.1 Å². The Morgan fingerprint density at radius 3 is 2.46 bits per heavy atom. The first kappa shape index (κ1) is 18.6. The van der Waals surface area contributed by atoms with Gasteiger partial charge in [0.2, 0.25) is 5.75 Å². The van der Waals surface area contributed by atoms with Crippen LogP contribution in [0.5, 0.6) is 17.2 Å². The number of methoxy groups -OCH3 is 3. The van der Waals surface area contributed by atoms with Crippen molar-refractivity contribution in [3.8, 4) is 17.2 Å². The number of aliphatic imine (C=N–C) groups is 1. The number of nitrogens with zero attached hydrogens (tertiary/aromatic N) is 2. The number of amidine groups is 1. The Kier molecular flexibility index (Phi) is 5.76. The molecule has 0 aliphatic carbocycles. The lowest BCUT2D eigenvalue weighted by molar-refractivity contribution is -0.113. The van der Waals surface area contributed by atoms with Crippen LogP contribution in [0, 0.1) is 5.92 Å². The largest absolute Gasteiger partial charge is 0.493 e. The highest BCUT2D eigenvalue weighted by molar-refractivity contribution is 8.18. The minimum absolute atomic E-state index is 0.197. The number of hydrogen-bond donors (Lipinski definition) is 0. The molecule has 0 bridgehead atoms. The molecule has 0 N–H and O–H groups in total. The third kappa shape index (κ3) is 3.82. The number of rotatable bonds is 4. The van der Waals surface area contributed by atoms with E-state index in [1.165, 1.54) is 18.2 Å². The predicted molar refractivity (Wildman–Crippen MR) is 104 cm³/mol. The predicted octanol–water partition coefficient (Wildman–Crippen LogP) is 3.41. The van der Waals surface area contributed by atoms with E-state index in [1.807, 2.05) is 18.2 Å². The van der Waals surface area contributed by atoms with Crippen molar-refractivity contribution in [2.75, 3.05) is 34.4 Å². The number of hydrogen-bond acceptors (Lipinski definition) is 6. The zero-order valence-corrected chi connectivity index (χ0v) is 16.4. The number of likely N-dealkylation sites (tertiary alicyclic amines) is 1. The van der Waals surface area contributed by atoms with Crippen LogP contribution in [0.2, 0.25) is 0 Å². The zero-order chi connectivity index (χ0) is 18.7. The van der Waals surface area contributed by atoms with Gasteiger partial charge in [0.15, 0.2) is 16.7 Å². The van der Waals surface area contributed by atoms with E-state index in [0.717, 1.165) is 30.2 Å². The van der Waals surface area contributed by atoms with Crippen molar-refractivity contribution in [3.05, 3.63) is 22.6 Å². The fraction of sp³-hybridized carbons (Fsp3) is 0.474. The van der Waals surface area contributed by atoms with Crippen molar-refractivity contribution in [1.82, 2.24) is 4.90 Å². The zero-order valence-electron chi connectivity index (χ0n) is 15.6. The fourth-order valence-electron chi connectivity index (χ4n) is 3.23. The van der Waals surface area contributed by atoms with Gasteiger partial charge in [-0.2, -0.15) is 4.99 Å². The van der Waals surface area contributed by atoms with Crippen molar-refractivity contribution in [2.45, 2.75) is 19.8 Å². The summed E-state index contributed by atoms with van der Waals surface area (Å²) in [5, 5.41) is 0.806. The van der Waals surface area contributed by atoms with Crippen LogP contribution in [0.1, 0.15) is 25.3 Å². The van der Waals surface area contributed by atoms with Crippen LogP contribution in [0.3, 0.4) is 0 Å². The van der Waals surface area contributed by atoms with Crippen molar-refractivity contribution in [1.29, 1.82) is 0 Å². The van der Waals surface area contributed by atoms with E-state index in [2.05, 4.69) is 16.8 Å². The van der Waals surface area contributed by atoms with Crippen LogP contribution < -0.4 is 14.2 Å². The Hall–Kier alpha value is -2.15. The summed E-state index contributed by atoms with van der Waals surface area (Å²) in [6.07, 6.45) is 4.19. The van der Waals surface area contributed by atoms with E-state index in [9.17, 15) is 4.79 Å². The van der Waals surface area contributed by atoms with Gasteiger partial charge in [-0.1, -0.05) is 6.92 Å². The summed E-state index contributed by atoms with van der Waals surface area (Å²) in [5.41, 5.74) is 0.804. The van der Waals surface area contributed by atoms with E-state index in [4.69, 9.17) is 14.2 Å². The topological polar surface area (TPSA) is 60.4 Å². The molecule has 1 saturated heterocycles. The molecule has 0 radical (unpaired) electrons. The number of piperidine rings is 1. The molecular formula is C19H24N2O4S. The molecule has 2 aliphatic rings. The molecule has 1 fully saturated rings. The van der Waals surface area contributed by atoms with Crippen LogP contribution >= 0.6 is 11.8 Å². The summed E-state index contributed by atoms with van der Waals surface area (Å²) < 4.78 is 16.1. The Bertz CT molecular complexity index is 735. The number of ether oxygens (including phenoxy) is 3. The Labute approximate surface area is 158 Å². The lowest BCUT2D eigenvalue weighted by Crippen LogP contribution is -2.37. The van der Waals surface area contributed by atoms with E-state index in [1.54, 1.807) is 21.3 Å². The van der Waals surface area contributed by atoms with Crippen molar-refractivity contribution in [2.24, 2.45) is 10.9 Å². The Morgan fingerprint density at radius 2 is 1.88 bits per heavy atom. The van der Waals surface area contributed by atoms with Crippen molar-refractivity contribution < 1.29 is 19.0 Å². The molecule has 7 heteroatoms. The van der Waals surface area contributed by atoms with Gasteiger partial charge in [0.25, 0.3) is 5.91 Å². The van der Waals surface area contributed by atoms with Crippen LogP contribution in [0.25, 0.3) is 6.08 Å². The van der Waals surface area contributed by atoms with Gasteiger partial charge < -0.3 is 19.1 Å². The van der Waals surface area contributed by atoms with Crippen molar-refractivity contribution in [3.63, 3.8) is 0 Å². The molecule has 1 aromatic rings. The van der Waals surface area contributed by atoms with Crippen LogP contribution in [-0.4, -0.2) is 50.4 Å². The summed E-state index contributed by atoms with van der Waals surface area (Å²) in [7, 11) is 4.71. The van der Waals surface area contributed by atoms with Crippen molar-refractivity contribution >= 4 is 28.9 Å². The molecule has 0 saturated carbocycles. The fourth-order valence-corrected chi connectivity index (χ4v) is 4.18. The number of amides is 1.